The maximum atomic E-state index is 13.7. The summed E-state index contributed by atoms with van der Waals surface area (Å²) in [4.78, 5) is 34.0. The van der Waals surface area contributed by atoms with Gasteiger partial charge in [-0.25, -0.2) is 9.78 Å². The van der Waals surface area contributed by atoms with Gasteiger partial charge in [-0.15, -0.1) is 0 Å². The van der Waals surface area contributed by atoms with Crippen LogP contribution in [0.25, 0.3) is 0 Å². The topological polar surface area (TPSA) is 95.8 Å². The maximum Gasteiger partial charge on any atom is 0.410 e. The summed E-state index contributed by atoms with van der Waals surface area (Å²) < 4.78 is 11.7. The third kappa shape index (κ3) is 7.14. The molecule has 0 N–H and O–H groups in total. The van der Waals surface area contributed by atoms with Crippen LogP contribution < -0.4 is 4.74 Å². The van der Waals surface area contributed by atoms with E-state index in [1.165, 1.54) is 6.20 Å². The molecule has 39 heavy (non-hydrogen) atoms. The Kier molecular flexibility index (Phi) is 8.93. The molecule has 2 amide bonds. The van der Waals surface area contributed by atoms with E-state index in [0.29, 0.717) is 60.5 Å². The molecule has 8 nitrogen and oxygen atoms in total. The van der Waals surface area contributed by atoms with Gasteiger partial charge in [-0.3, -0.25) is 4.79 Å². The van der Waals surface area contributed by atoms with Crippen LogP contribution >= 0.6 is 23.2 Å². The van der Waals surface area contributed by atoms with Crippen LogP contribution in [0.2, 0.25) is 10.0 Å². The smallest absolute Gasteiger partial charge is 0.410 e. The Balaban J connectivity index is 1.47. The molecule has 10 heteroatoms. The van der Waals surface area contributed by atoms with Crippen molar-refractivity contribution in [3.8, 4) is 11.9 Å². The molecule has 2 aliphatic heterocycles. The summed E-state index contributed by atoms with van der Waals surface area (Å²) in [5.74, 6) is 0.321. The number of nitriles is 1. The van der Waals surface area contributed by atoms with Crippen LogP contribution in [0, 0.1) is 23.2 Å². The Morgan fingerprint density at radius 1 is 1.08 bits per heavy atom. The quantitative estimate of drug-likeness (QED) is 0.441. The summed E-state index contributed by atoms with van der Waals surface area (Å²) >= 11 is 12.5. The van der Waals surface area contributed by atoms with Crippen LogP contribution in [0.4, 0.5) is 4.79 Å². The number of carbonyl (C=O) groups excluding carboxylic acids is 2. The van der Waals surface area contributed by atoms with Gasteiger partial charge in [0.25, 0.3) is 0 Å². The minimum Gasteiger partial charge on any atom is -0.474 e. The molecule has 0 aliphatic carbocycles. The number of amides is 2. The number of halogens is 2. The monoisotopic (exact) mass is 572 g/mol. The fourth-order valence-corrected chi connectivity index (χ4v) is 5.57. The molecule has 0 unspecified atom stereocenters. The number of ether oxygens (including phenoxy) is 2. The molecule has 3 heterocycles. The van der Waals surface area contributed by atoms with Crippen molar-refractivity contribution in [3.63, 3.8) is 0 Å². The predicted octanol–water partition coefficient (Wildman–Crippen LogP) is 5.92. The van der Waals surface area contributed by atoms with E-state index in [1.54, 1.807) is 23.1 Å². The normalized spacial score (nSPS) is 20.8. The van der Waals surface area contributed by atoms with E-state index in [9.17, 15) is 9.59 Å². The molecular weight excluding hydrogens is 539 g/mol. The number of likely N-dealkylation sites (tertiary alicyclic amines) is 2. The number of hydrogen-bond acceptors (Lipinski definition) is 6. The molecular formula is C29H34Cl2N4O4. The maximum absolute atomic E-state index is 13.7. The second kappa shape index (κ2) is 12.0. The van der Waals surface area contributed by atoms with E-state index < -0.39 is 5.60 Å². The number of benzene rings is 1. The largest absolute Gasteiger partial charge is 0.474 e. The first-order valence-corrected chi connectivity index (χ1v) is 13.9. The third-order valence-corrected chi connectivity index (χ3v) is 8.06. The lowest BCUT2D eigenvalue weighted by atomic mass is 9.86. The third-order valence-electron chi connectivity index (χ3n) is 7.32. The van der Waals surface area contributed by atoms with E-state index in [1.807, 2.05) is 44.7 Å². The van der Waals surface area contributed by atoms with E-state index in [-0.39, 0.29) is 35.9 Å². The van der Waals surface area contributed by atoms with Gasteiger partial charge in [0.15, 0.2) is 0 Å². The summed E-state index contributed by atoms with van der Waals surface area (Å²) in [7, 11) is 0. The first-order valence-electron chi connectivity index (χ1n) is 13.2. The van der Waals surface area contributed by atoms with Gasteiger partial charge in [0.1, 0.15) is 17.8 Å². The SMILES string of the molecule is C[C@H](Oc1ccc(C#N)cn1)[C@H]1CN(C(=O)C2CCN(C(=O)OC(C)(C)C)CC2)C[C@@H]1c1ccc(Cl)c(Cl)c1. The van der Waals surface area contributed by atoms with E-state index in [4.69, 9.17) is 37.9 Å². The van der Waals surface area contributed by atoms with Gasteiger partial charge in [0.05, 0.1) is 15.6 Å². The predicted molar refractivity (Wildman–Crippen MR) is 149 cm³/mol. The van der Waals surface area contributed by atoms with Gasteiger partial charge in [0.2, 0.25) is 11.8 Å². The number of carbonyl (C=O) groups is 2. The average molecular weight is 574 g/mol. The first-order chi connectivity index (χ1) is 18.4. The molecule has 1 aromatic heterocycles. The van der Waals surface area contributed by atoms with Crippen LogP contribution in [0.3, 0.4) is 0 Å². The van der Waals surface area contributed by atoms with Crippen LogP contribution in [-0.4, -0.2) is 64.7 Å². The summed E-state index contributed by atoms with van der Waals surface area (Å²) in [6.45, 7) is 9.54. The molecule has 0 saturated carbocycles. The molecule has 2 aliphatic rings. The average Bonchev–Trinajstić information content (AvgIpc) is 3.35. The van der Waals surface area contributed by atoms with Gasteiger partial charge in [-0.05, 0) is 64.3 Å². The molecule has 2 saturated heterocycles. The number of nitrogens with zero attached hydrogens (tertiary/aromatic N) is 4. The van der Waals surface area contributed by atoms with Crippen LogP contribution in [-0.2, 0) is 9.53 Å². The Morgan fingerprint density at radius 3 is 2.38 bits per heavy atom. The van der Waals surface area contributed by atoms with Crippen molar-refractivity contribution in [2.45, 2.75) is 58.2 Å². The van der Waals surface area contributed by atoms with Crippen LogP contribution in [0.5, 0.6) is 5.88 Å². The number of aromatic nitrogens is 1. The fraction of sp³-hybridized carbons (Fsp3) is 0.517. The summed E-state index contributed by atoms with van der Waals surface area (Å²) in [5, 5.41) is 9.99. The molecule has 1 aromatic carbocycles. The molecule has 0 radical (unpaired) electrons. The fourth-order valence-electron chi connectivity index (χ4n) is 5.27. The first kappa shape index (κ1) is 29.0. The molecule has 2 aromatic rings. The van der Waals surface area contributed by atoms with Crippen molar-refractivity contribution in [3.05, 3.63) is 57.7 Å². The summed E-state index contributed by atoms with van der Waals surface area (Å²) in [6, 6.07) is 11.0. The van der Waals surface area contributed by atoms with Gasteiger partial charge in [0, 0.05) is 56.2 Å². The van der Waals surface area contributed by atoms with Crippen molar-refractivity contribution in [1.82, 2.24) is 14.8 Å². The van der Waals surface area contributed by atoms with Gasteiger partial charge in [-0.1, -0.05) is 29.3 Å². The van der Waals surface area contributed by atoms with Gasteiger partial charge in [-0.2, -0.15) is 5.26 Å². The zero-order valence-corrected chi connectivity index (χ0v) is 24.2. The molecule has 0 spiro atoms. The molecule has 2 fully saturated rings. The highest BCUT2D eigenvalue weighted by atomic mass is 35.5. The van der Waals surface area contributed by atoms with Crippen molar-refractivity contribution in [2.75, 3.05) is 26.2 Å². The van der Waals surface area contributed by atoms with E-state index in [0.717, 1.165) is 5.56 Å². The van der Waals surface area contributed by atoms with Crippen molar-refractivity contribution in [2.24, 2.45) is 11.8 Å². The number of hydrogen-bond donors (Lipinski definition) is 0. The van der Waals surface area contributed by atoms with Crippen molar-refractivity contribution >= 4 is 35.2 Å². The number of pyridine rings is 1. The standard InChI is InChI=1S/C29H34Cl2N4O4/c1-18(38-26-8-5-19(14-32)15-33-26)22-16-35(17-23(22)21-6-7-24(30)25(31)13-21)27(36)20-9-11-34(12-10-20)28(37)39-29(2,3)4/h5-8,13,15,18,20,22-23H,9-12,16-17H2,1-4H3/t18-,22+,23+/m0/s1. The Bertz CT molecular complexity index is 1230. The van der Waals surface area contributed by atoms with Gasteiger partial charge >= 0.3 is 6.09 Å². The zero-order chi connectivity index (χ0) is 28.3. The van der Waals surface area contributed by atoms with Gasteiger partial charge < -0.3 is 19.3 Å². The molecule has 0 bridgehead atoms. The lowest BCUT2D eigenvalue weighted by Crippen LogP contribution is -2.45. The number of rotatable bonds is 5. The Morgan fingerprint density at radius 2 is 1.79 bits per heavy atom. The second-order valence-electron chi connectivity index (χ2n) is 11.2. The van der Waals surface area contributed by atoms with Crippen LogP contribution in [0.1, 0.15) is 57.6 Å². The van der Waals surface area contributed by atoms with Crippen LogP contribution in [0.15, 0.2) is 36.5 Å². The highest BCUT2D eigenvalue weighted by molar-refractivity contribution is 6.42. The summed E-state index contributed by atoms with van der Waals surface area (Å²) in [5.41, 5.74) is 0.895. The highest BCUT2D eigenvalue weighted by Crippen LogP contribution is 2.39. The minimum atomic E-state index is -0.556. The summed E-state index contributed by atoms with van der Waals surface area (Å²) in [6.07, 6.45) is 2.07. The Labute approximate surface area is 239 Å². The van der Waals surface area contributed by atoms with Crippen molar-refractivity contribution < 1.29 is 19.1 Å². The Hall–Kier alpha value is -3.02. The second-order valence-corrected chi connectivity index (χ2v) is 12.1. The molecule has 208 valence electrons. The van der Waals surface area contributed by atoms with Crippen molar-refractivity contribution in [1.29, 1.82) is 5.26 Å². The minimum absolute atomic E-state index is 0.0149. The molecule has 3 atom stereocenters. The highest BCUT2D eigenvalue weighted by Gasteiger charge is 2.42. The van der Waals surface area contributed by atoms with E-state index >= 15 is 0 Å². The lowest BCUT2D eigenvalue weighted by Gasteiger charge is -2.34. The number of piperidine rings is 1. The zero-order valence-electron chi connectivity index (χ0n) is 22.7. The molecule has 4 rings (SSSR count). The van der Waals surface area contributed by atoms with E-state index in [2.05, 4.69) is 11.1 Å². The lowest BCUT2D eigenvalue weighted by molar-refractivity contribution is -0.136.